The molecule has 0 fully saturated rings. The molecule has 0 radical (unpaired) electrons. The van der Waals surface area contributed by atoms with Crippen LogP contribution in [0.2, 0.25) is 0 Å². The van der Waals surface area contributed by atoms with Gasteiger partial charge in [0, 0.05) is 0 Å². The number of hydrogen-bond donors (Lipinski definition) is 0. The molecule has 0 heterocycles. The Labute approximate surface area is 109 Å². The van der Waals surface area contributed by atoms with Crippen LogP contribution in [0.1, 0.15) is 41.5 Å². The predicted molar refractivity (Wildman–Crippen MR) is 89.6 cm³/mol. The maximum absolute atomic E-state index is 2.37. The Morgan fingerprint density at radius 2 is 1.50 bits per heavy atom. The topological polar surface area (TPSA) is 0 Å². The summed E-state index contributed by atoms with van der Waals surface area (Å²) in [5, 5.41) is 0. The fraction of sp³-hybridized carbons (Fsp3) is 1.00. The number of rotatable bonds is 6. The van der Waals surface area contributed by atoms with Crippen LogP contribution in [0.4, 0.5) is 0 Å². The van der Waals surface area contributed by atoms with E-state index in [1.807, 2.05) is 0 Å². The van der Waals surface area contributed by atoms with Crippen LogP contribution in [-0.2, 0) is 0 Å². The third kappa shape index (κ3) is 11.5. The Hall–Kier alpha value is 0.990. The van der Waals surface area contributed by atoms with E-state index in [0.29, 0.717) is 10.8 Å². The van der Waals surface area contributed by atoms with Crippen LogP contribution in [0.5, 0.6) is 0 Å². The van der Waals surface area contributed by atoms with Gasteiger partial charge in [-0.1, -0.05) is 47.1 Å². The Kier molecular flexibility index (Phi) is 7.89. The van der Waals surface area contributed by atoms with Crippen LogP contribution in [0, 0.1) is 10.8 Å². The molecular weight excluding hydrogens is 228 g/mol. The van der Waals surface area contributed by atoms with Crippen LogP contribution in [0.15, 0.2) is 0 Å². The lowest BCUT2D eigenvalue weighted by Crippen LogP contribution is -2.19. The van der Waals surface area contributed by atoms with Gasteiger partial charge >= 0.3 is 0 Å². The molecule has 0 aromatic carbocycles. The van der Waals surface area contributed by atoms with Crippen molar-refractivity contribution in [1.29, 1.82) is 0 Å². The highest BCUT2D eigenvalue weighted by molar-refractivity contribution is 7.46. The van der Waals surface area contributed by atoms with E-state index in [0.717, 1.165) is 5.56 Å². The first-order valence-electron chi connectivity index (χ1n) is 6.58. The monoisotopic (exact) mass is 258 g/mol. The summed E-state index contributed by atoms with van der Waals surface area (Å²) < 4.78 is 0. The third-order valence-corrected chi connectivity index (χ3v) is 7.41. The molecule has 4 heteroatoms. The summed E-state index contributed by atoms with van der Waals surface area (Å²) in [6.07, 6.45) is 4.29. The summed E-state index contributed by atoms with van der Waals surface area (Å²) in [6, 6.07) is 0. The second-order valence-electron chi connectivity index (χ2n) is 7.24. The van der Waals surface area contributed by atoms with E-state index >= 15 is 0 Å². The highest BCUT2D eigenvalue weighted by Gasteiger charge is 2.15. The van der Waals surface area contributed by atoms with E-state index < -0.39 is 0 Å². The van der Waals surface area contributed by atoms with Gasteiger partial charge in [0.1, 0.15) is 0 Å². The van der Waals surface area contributed by atoms with Crippen molar-refractivity contribution >= 4 is 32.1 Å². The first kappa shape index (κ1) is 17.0. The first-order valence-corrected chi connectivity index (χ1v) is 9.28. The van der Waals surface area contributed by atoms with Gasteiger partial charge in [-0.3, -0.25) is 0 Å². The van der Waals surface area contributed by atoms with Crippen molar-refractivity contribution in [3.05, 3.63) is 0 Å². The average Bonchev–Trinajstić information content (AvgIpc) is 2.07. The second-order valence-corrected chi connectivity index (χ2v) is 10.1. The van der Waals surface area contributed by atoms with Gasteiger partial charge in [-0.25, -0.2) is 0 Å². The molecule has 0 N–H and O–H groups in total. The van der Waals surface area contributed by atoms with Crippen LogP contribution in [0.3, 0.4) is 0 Å². The van der Waals surface area contributed by atoms with Gasteiger partial charge in [-0.05, 0) is 29.3 Å². The number of hydrogen-bond acceptors (Lipinski definition) is 0. The molecule has 16 heavy (non-hydrogen) atoms. The summed E-state index contributed by atoms with van der Waals surface area (Å²) in [5.41, 5.74) is 2.06. The minimum Gasteiger partial charge on any atom is -0.127 e. The van der Waals surface area contributed by atoms with Gasteiger partial charge in [0.25, 0.3) is 0 Å². The molecule has 0 aliphatic carbocycles. The molecule has 0 aliphatic heterocycles. The Morgan fingerprint density at radius 3 is 1.88 bits per heavy atom. The van der Waals surface area contributed by atoms with Crippen LogP contribution in [-0.4, -0.2) is 39.0 Å². The summed E-state index contributed by atoms with van der Waals surface area (Å²) >= 11 is 0. The molecule has 0 aromatic rings. The smallest absolute Gasteiger partial charge is 0.0916 e. The maximum Gasteiger partial charge on any atom is 0.0916 e. The van der Waals surface area contributed by atoms with Gasteiger partial charge in [0.05, 0.1) is 14.9 Å². The van der Waals surface area contributed by atoms with Gasteiger partial charge in [-0.2, -0.15) is 0 Å². The lowest BCUT2D eigenvalue weighted by atomic mass is 9.53. The molecule has 2 unspecified atom stereocenters. The van der Waals surface area contributed by atoms with Gasteiger partial charge in [-0.15, -0.1) is 17.2 Å². The summed E-state index contributed by atoms with van der Waals surface area (Å²) in [5.74, 6) is 0. The molecule has 0 saturated carbocycles. The Balaban J connectivity index is 3.76. The SMILES string of the molecule is BB[C@H](CPCC(C)(C)C)PCC(C)(C)C. The van der Waals surface area contributed by atoms with E-state index in [1.165, 1.54) is 42.8 Å². The van der Waals surface area contributed by atoms with E-state index in [2.05, 4.69) is 49.3 Å². The molecule has 3 atom stereocenters. The highest BCUT2D eigenvalue weighted by Crippen LogP contribution is 2.33. The molecule has 0 nitrogen and oxygen atoms in total. The first-order chi connectivity index (χ1) is 7.14. The van der Waals surface area contributed by atoms with E-state index in [4.69, 9.17) is 0 Å². The van der Waals surface area contributed by atoms with E-state index in [9.17, 15) is 0 Å². The maximum atomic E-state index is 2.37. The fourth-order valence-corrected chi connectivity index (χ4v) is 5.16. The summed E-state index contributed by atoms with van der Waals surface area (Å²) in [7, 11) is 6.09. The van der Waals surface area contributed by atoms with Crippen LogP contribution in [0.25, 0.3) is 0 Å². The second kappa shape index (κ2) is 7.43. The normalized spacial score (nSPS) is 16.4. The van der Waals surface area contributed by atoms with Crippen molar-refractivity contribution < 1.29 is 0 Å². The van der Waals surface area contributed by atoms with Crippen molar-refractivity contribution in [2.24, 2.45) is 10.8 Å². The van der Waals surface area contributed by atoms with Crippen LogP contribution < -0.4 is 0 Å². The molecular formula is C12H30B2P2. The molecule has 0 amide bonds. The quantitative estimate of drug-likeness (QED) is 0.507. The molecule has 0 saturated heterocycles. The lowest BCUT2D eigenvalue weighted by Gasteiger charge is -2.24. The zero-order valence-electron chi connectivity index (χ0n) is 12.4. The van der Waals surface area contributed by atoms with Crippen molar-refractivity contribution in [3.63, 3.8) is 0 Å². The largest absolute Gasteiger partial charge is 0.127 e. The minimum atomic E-state index is 0.527. The Bertz CT molecular complexity index is 182. The van der Waals surface area contributed by atoms with Crippen LogP contribution >= 0.6 is 17.2 Å². The van der Waals surface area contributed by atoms with Crippen molar-refractivity contribution in [2.45, 2.75) is 47.1 Å². The third-order valence-electron chi connectivity index (χ3n) is 2.46. The zero-order chi connectivity index (χ0) is 12.8. The van der Waals surface area contributed by atoms with E-state index in [-0.39, 0.29) is 0 Å². The van der Waals surface area contributed by atoms with Gasteiger partial charge in [0.2, 0.25) is 0 Å². The van der Waals surface area contributed by atoms with Crippen molar-refractivity contribution in [2.75, 3.05) is 18.5 Å². The molecule has 0 aliphatic rings. The predicted octanol–water partition coefficient (Wildman–Crippen LogP) is 2.75. The van der Waals surface area contributed by atoms with E-state index in [1.54, 1.807) is 0 Å². The standard InChI is InChI=1S/C12H30B2P2/c1-11(2,3)8-15-7-10(14-13)16-9-12(4,5)6/h10,14-16H,7-9,13H2,1-6H3/t10-/m0/s1. The summed E-state index contributed by atoms with van der Waals surface area (Å²) in [6.45, 7) is 14.2. The highest BCUT2D eigenvalue weighted by atomic mass is 31.1. The lowest BCUT2D eigenvalue weighted by molar-refractivity contribution is 0.477. The van der Waals surface area contributed by atoms with Gasteiger partial charge < -0.3 is 0 Å². The van der Waals surface area contributed by atoms with Crippen molar-refractivity contribution in [1.82, 2.24) is 0 Å². The zero-order valence-corrected chi connectivity index (χ0v) is 14.4. The molecule has 94 valence electrons. The fourth-order valence-electron chi connectivity index (χ4n) is 1.43. The molecule has 0 spiro atoms. The molecule has 0 aromatic heterocycles. The average molecular weight is 258 g/mol. The van der Waals surface area contributed by atoms with Gasteiger partial charge in [0.15, 0.2) is 0 Å². The minimum absolute atomic E-state index is 0.527. The molecule has 0 rings (SSSR count). The molecule has 0 bridgehead atoms. The Morgan fingerprint density at radius 1 is 1.00 bits per heavy atom. The van der Waals surface area contributed by atoms with Crippen molar-refractivity contribution in [3.8, 4) is 0 Å². The summed E-state index contributed by atoms with van der Waals surface area (Å²) in [4.78, 5) is 0.